The highest BCUT2D eigenvalue weighted by atomic mass is 16.2. The van der Waals surface area contributed by atoms with Gasteiger partial charge < -0.3 is 11.1 Å². The molecule has 0 bridgehead atoms. The van der Waals surface area contributed by atoms with Gasteiger partial charge in [-0.2, -0.15) is 5.26 Å². The van der Waals surface area contributed by atoms with E-state index in [1.807, 2.05) is 36.4 Å². The number of carbonyl (C=O) groups excluding carboxylic acids is 2. The van der Waals surface area contributed by atoms with Crippen LogP contribution in [0.15, 0.2) is 30.3 Å². The summed E-state index contributed by atoms with van der Waals surface area (Å²) in [6.45, 7) is 0. The van der Waals surface area contributed by atoms with E-state index in [4.69, 9.17) is 11.0 Å². The van der Waals surface area contributed by atoms with Crippen molar-refractivity contribution in [3.63, 3.8) is 0 Å². The lowest BCUT2D eigenvalue weighted by Gasteiger charge is -2.13. The third-order valence-electron chi connectivity index (χ3n) is 2.71. The fraction of sp³-hybridized carbons (Fsp3) is 0.357. The summed E-state index contributed by atoms with van der Waals surface area (Å²) < 4.78 is 0. The molecular formula is C14H17N3O2. The van der Waals surface area contributed by atoms with E-state index in [-0.39, 0.29) is 18.7 Å². The smallest absolute Gasteiger partial charge is 0.240 e. The zero-order chi connectivity index (χ0) is 14.1. The van der Waals surface area contributed by atoms with Gasteiger partial charge in [0.05, 0.1) is 6.07 Å². The number of benzene rings is 1. The van der Waals surface area contributed by atoms with Gasteiger partial charge in [-0.05, 0) is 18.4 Å². The molecule has 0 fully saturated rings. The van der Waals surface area contributed by atoms with Crippen molar-refractivity contribution < 1.29 is 9.59 Å². The average molecular weight is 259 g/mol. The number of nitrogens with one attached hydrogen (secondary N) is 1. The lowest BCUT2D eigenvalue weighted by molar-refractivity contribution is -0.127. The van der Waals surface area contributed by atoms with E-state index in [0.29, 0.717) is 12.8 Å². The Labute approximate surface area is 112 Å². The average Bonchev–Trinajstić information content (AvgIpc) is 2.42. The summed E-state index contributed by atoms with van der Waals surface area (Å²) in [5, 5.41) is 11.0. The number of hydrogen-bond acceptors (Lipinski definition) is 3. The fourth-order valence-corrected chi connectivity index (χ4v) is 1.66. The number of nitrogens with zero attached hydrogens (tertiary/aromatic N) is 1. The second-order valence-electron chi connectivity index (χ2n) is 4.20. The molecule has 0 aliphatic heterocycles. The Morgan fingerprint density at radius 1 is 1.32 bits per heavy atom. The quantitative estimate of drug-likeness (QED) is 0.761. The Hall–Kier alpha value is -2.35. The molecule has 0 radical (unpaired) electrons. The predicted molar refractivity (Wildman–Crippen MR) is 70.7 cm³/mol. The normalized spacial score (nSPS) is 11.3. The monoisotopic (exact) mass is 259 g/mol. The topological polar surface area (TPSA) is 96.0 Å². The lowest BCUT2D eigenvalue weighted by atomic mass is 10.1. The van der Waals surface area contributed by atoms with Crippen LogP contribution in [0.5, 0.6) is 0 Å². The van der Waals surface area contributed by atoms with E-state index >= 15 is 0 Å². The first-order valence-electron chi connectivity index (χ1n) is 6.13. The van der Waals surface area contributed by atoms with Gasteiger partial charge in [0.15, 0.2) is 0 Å². The van der Waals surface area contributed by atoms with Crippen LogP contribution >= 0.6 is 0 Å². The van der Waals surface area contributed by atoms with Crippen molar-refractivity contribution in [2.24, 2.45) is 5.73 Å². The number of nitriles is 1. The van der Waals surface area contributed by atoms with Crippen molar-refractivity contribution in [2.45, 2.75) is 31.7 Å². The van der Waals surface area contributed by atoms with E-state index in [2.05, 4.69) is 5.32 Å². The molecule has 2 amide bonds. The summed E-state index contributed by atoms with van der Waals surface area (Å²) >= 11 is 0. The Bertz CT molecular complexity index is 465. The van der Waals surface area contributed by atoms with Crippen LogP contribution in [0.1, 0.15) is 24.8 Å². The van der Waals surface area contributed by atoms with Gasteiger partial charge in [-0.25, -0.2) is 0 Å². The summed E-state index contributed by atoms with van der Waals surface area (Å²) in [7, 11) is 0. The number of primary amides is 1. The Kier molecular flexibility index (Phi) is 6.10. The van der Waals surface area contributed by atoms with E-state index < -0.39 is 11.9 Å². The number of rotatable bonds is 7. The van der Waals surface area contributed by atoms with Gasteiger partial charge >= 0.3 is 0 Å². The van der Waals surface area contributed by atoms with Crippen molar-refractivity contribution in [3.05, 3.63) is 35.9 Å². The molecule has 0 spiro atoms. The predicted octanol–water partition coefficient (Wildman–Crippen LogP) is 0.893. The summed E-state index contributed by atoms with van der Waals surface area (Å²) in [6.07, 6.45) is 1.34. The van der Waals surface area contributed by atoms with Crippen molar-refractivity contribution >= 4 is 11.8 Å². The van der Waals surface area contributed by atoms with Crippen LogP contribution in [0.3, 0.4) is 0 Å². The molecule has 0 aliphatic rings. The molecular weight excluding hydrogens is 242 g/mol. The molecule has 0 aromatic heterocycles. The SMILES string of the molecule is N#CCC[C@H](NC(=O)CCc1ccccc1)C(N)=O. The van der Waals surface area contributed by atoms with Crippen molar-refractivity contribution in [2.75, 3.05) is 0 Å². The second-order valence-corrected chi connectivity index (χ2v) is 4.20. The highest BCUT2D eigenvalue weighted by Crippen LogP contribution is 2.03. The van der Waals surface area contributed by atoms with Gasteiger partial charge in [-0.3, -0.25) is 9.59 Å². The highest BCUT2D eigenvalue weighted by molar-refractivity contribution is 5.86. The molecule has 0 heterocycles. The standard InChI is InChI=1S/C14H17N3O2/c15-10-4-7-12(14(16)19)17-13(18)9-8-11-5-2-1-3-6-11/h1-3,5-6,12H,4,7-9H2,(H2,16,19)(H,17,18)/t12-/m0/s1. The maximum atomic E-state index is 11.7. The first-order chi connectivity index (χ1) is 9.13. The third-order valence-corrected chi connectivity index (χ3v) is 2.71. The van der Waals surface area contributed by atoms with Crippen LogP contribution in [-0.4, -0.2) is 17.9 Å². The number of hydrogen-bond donors (Lipinski definition) is 2. The summed E-state index contributed by atoms with van der Waals surface area (Å²) in [4.78, 5) is 22.8. The van der Waals surface area contributed by atoms with Crippen molar-refractivity contribution in [3.8, 4) is 6.07 Å². The first-order valence-corrected chi connectivity index (χ1v) is 6.13. The maximum absolute atomic E-state index is 11.7. The zero-order valence-electron chi connectivity index (χ0n) is 10.6. The molecule has 0 unspecified atom stereocenters. The molecule has 5 nitrogen and oxygen atoms in total. The molecule has 0 saturated heterocycles. The molecule has 0 aliphatic carbocycles. The number of carbonyl (C=O) groups is 2. The van der Waals surface area contributed by atoms with Crippen molar-refractivity contribution in [1.29, 1.82) is 5.26 Å². The Balaban J connectivity index is 2.40. The van der Waals surface area contributed by atoms with Crippen LogP contribution in [0, 0.1) is 11.3 Å². The molecule has 100 valence electrons. The van der Waals surface area contributed by atoms with Crippen LogP contribution < -0.4 is 11.1 Å². The number of aryl methyl sites for hydroxylation is 1. The van der Waals surface area contributed by atoms with Crippen molar-refractivity contribution in [1.82, 2.24) is 5.32 Å². The molecule has 0 saturated carbocycles. The first kappa shape index (κ1) is 14.7. The third kappa shape index (κ3) is 5.68. The largest absolute Gasteiger partial charge is 0.368 e. The van der Waals surface area contributed by atoms with E-state index in [1.54, 1.807) is 0 Å². The minimum Gasteiger partial charge on any atom is -0.368 e. The molecule has 3 N–H and O–H groups in total. The fourth-order valence-electron chi connectivity index (χ4n) is 1.66. The Morgan fingerprint density at radius 3 is 2.58 bits per heavy atom. The maximum Gasteiger partial charge on any atom is 0.240 e. The molecule has 1 aromatic carbocycles. The number of amides is 2. The minimum atomic E-state index is -0.761. The second kappa shape index (κ2) is 7.88. The molecule has 1 atom stereocenters. The van der Waals surface area contributed by atoms with Gasteiger partial charge in [0.1, 0.15) is 6.04 Å². The van der Waals surface area contributed by atoms with E-state index in [1.165, 1.54) is 0 Å². The van der Waals surface area contributed by atoms with Gasteiger partial charge in [0, 0.05) is 12.8 Å². The van der Waals surface area contributed by atoms with Crippen LogP contribution in [0.4, 0.5) is 0 Å². The number of nitrogens with two attached hydrogens (primary N) is 1. The van der Waals surface area contributed by atoms with Gasteiger partial charge in [-0.1, -0.05) is 30.3 Å². The highest BCUT2D eigenvalue weighted by Gasteiger charge is 2.17. The zero-order valence-corrected chi connectivity index (χ0v) is 10.6. The van der Waals surface area contributed by atoms with Crippen LogP contribution in [-0.2, 0) is 16.0 Å². The lowest BCUT2D eigenvalue weighted by Crippen LogP contribution is -2.44. The molecule has 1 rings (SSSR count). The summed E-state index contributed by atoms with van der Waals surface area (Å²) in [6, 6.07) is 10.8. The summed E-state index contributed by atoms with van der Waals surface area (Å²) in [5.41, 5.74) is 6.23. The van der Waals surface area contributed by atoms with Gasteiger partial charge in [0.25, 0.3) is 0 Å². The molecule has 19 heavy (non-hydrogen) atoms. The molecule has 1 aromatic rings. The Morgan fingerprint density at radius 2 is 2.00 bits per heavy atom. The van der Waals surface area contributed by atoms with Crippen LogP contribution in [0.2, 0.25) is 0 Å². The van der Waals surface area contributed by atoms with E-state index in [9.17, 15) is 9.59 Å². The van der Waals surface area contributed by atoms with Gasteiger partial charge in [0.2, 0.25) is 11.8 Å². The molecule has 5 heteroatoms. The van der Waals surface area contributed by atoms with Gasteiger partial charge in [-0.15, -0.1) is 0 Å². The van der Waals surface area contributed by atoms with E-state index in [0.717, 1.165) is 5.56 Å². The van der Waals surface area contributed by atoms with Crippen LogP contribution in [0.25, 0.3) is 0 Å². The minimum absolute atomic E-state index is 0.187. The summed E-state index contributed by atoms with van der Waals surface area (Å²) in [5.74, 6) is -0.839.